The number of halogens is 1. The second-order valence-electron chi connectivity index (χ2n) is 4.92. The van der Waals surface area contributed by atoms with E-state index < -0.39 is 11.7 Å². The van der Waals surface area contributed by atoms with E-state index in [9.17, 15) is 14.0 Å². The van der Waals surface area contributed by atoms with E-state index in [4.69, 9.17) is 5.73 Å². The van der Waals surface area contributed by atoms with Gasteiger partial charge in [-0.15, -0.1) is 0 Å². The van der Waals surface area contributed by atoms with Gasteiger partial charge in [-0.2, -0.15) is 0 Å². The maximum Gasteiger partial charge on any atom is 0.258 e. The van der Waals surface area contributed by atoms with Gasteiger partial charge < -0.3 is 16.4 Å². The van der Waals surface area contributed by atoms with Gasteiger partial charge >= 0.3 is 0 Å². The molecular weight excluding hydrogens is 297 g/mol. The molecule has 23 heavy (non-hydrogen) atoms. The van der Waals surface area contributed by atoms with Crippen LogP contribution in [0, 0.1) is 5.82 Å². The molecule has 0 aliphatic heterocycles. The molecule has 0 unspecified atom stereocenters. The summed E-state index contributed by atoms with van der Waals surface area (Å²) in [6.45, 7) is 0.430. The molecule has 0 bridgehead atoms. The standard InChI is InChI=1S/C17H18FN3O2/c18-13-7-2-1-6-12(13)17(23)21-15-9-4-3-8-14(15)20-16(22)10-5-11-19/h1-4,6-9H,5,10-11,19H2,(H,20,22)(H,21,23). The molecule has 0 aliphatic carbocycles. The van der Waals surface area contributed by atoms with Gasteiger partial charge in [0.05, 0.1) is 16.9 Å². The highest BCUT2D eigenvalue weighted by atomic mass is 19.1. The summed E-state index contributed by atoms with van der Waals surface area (Å²) in [6.07, 6.45) is 0.877. The topological polar surface area (TPSA) is 84.2 Å². The lowest BCUT2D eigenvalue weighted by molar-refractivity contribution is -0.116. The highest BCUT2D eigenvalue weighted by Gasteiger charge is 2.13. The molecule has 0 spiro atoms. The average Bonchev–Trinajstić information content (AvgIpc) is 2.55. The van der Waals surface area contributed by atoms with Crippen molar-refractivity contribution in [3.63, 3.8) is 0 Å². The predicted octanol–water partition coefficient (Wildman–Crippen LogP) is 2.76. The molecule has 2 aromatic rings. The van der Waals surface area contributed by atoms with Crippen molar-refractivity contribution in [1.29, 1.82) is 0 Å². The number of rotatable bonds is 6. The van der Waals surface area contributed by atoms with Gasteiger partial charge in [0.25, 0.3) is 5.91 Å². The first kappa shape index (κ1) is 16.6. The molecule has 0 atom stereocenters. The van der Waals surface area contributed by atoms with E-state index in [1.165, 1.54) is 18.2 Å². The van der Waals surface area contributed by atoms with Gasteiger partial charge in [-0.3, -0.25) is 9.59 Å². The Kier molecular flexibility index (Phi) is 5.82. The van der Waals surface area contributed by atoms with Crippen LogP contribution in [-0.2, 0) is 4.79 Å². The molecule has 120 valence electrons. The van der Waals surface area contributed by atoms with Crippen molar-refractivity contribution < 1.29 is 14.0 Å². The highest BCUT2D eigenvalue weighted by molar-refractivity contribution is 6.07. The number of hydrogen-bond donors (Lipinski definition) is 3. The normalized spacial score (nSPS) is 10.2. The average molecular weight is 315 g/mol. The van der Waals surface area contributed by atoms with Crippen LogP contribution in [0.2, 0.25) is 0 Å². The van der Waals surface area contributed by atoms with Crippen LogP contribution in [0.1, 0.15) is 23.2 Å². The molecule has 0 fully saturated rings. The first-order chi connectivity index (χ1) is 11.1. The SMILES string of the molecule is NCCCC(=O)Nc1ccccc1NC(=O)c1ccccc1F. The van der Waals surface area contributed by atoms with Crippen LogP contribution in [0.5, 0.6) is 0 Å². The number of amides is 2. The lowest BCUT2D eigenvalue weighted by atomic mass is 10.2. The number of carbonyl (C=O) groups is 2. The Labute approximate surface area is 133 Å². The smallest absolute Gasteiger partial charge is 0.258 e. The second-order valence-corrected chi connectivity index (χ2v) is 4.92. The molecule has 0 aromatic heterocycles. The van der Waals surface area contributed by atoms with Gasteiger partial charge in [-0.05, 0) is 37.2 Å². The van der Waals surface area contributed by atoms with E-state index in [0.29, 0.717) is 30.8 Å². The zero-order valence-corrected chi connectivity index (χ0v) is 12.5. The molecular formula is C17H18FN3O2. The van der Waals surface area contributed by atoms with E-state index >= 15 is 0 Å². The predicted molar refractivity (Wildman–Crippen MR) is 87.7 cm³/mol. The number of benzene rings is 2. The molecule has 0 radical (unpaired) electrons. The quantitative estimate of drug-likeness (QED) is 0.766. The largest absolute Gasteiger partial charge is 0.330 e. The summed E-state index contributed by atoms with van der Waals surface area (Å²) in [4.78, 5) is 24.0. The first-order valence-corrected chi connectivity index (χ1v) is 7.26. The van der Waals surface area contributed by atoms with Crippen LogP contribution in [0.15, 0.2) is 48.5 Å². The summed E-state index contributed by atoms with van der Waals surface area (Å²) in [5, 5.41) is 5.32. The monoisotopic (exact) mass is 315 g/mol. The Morgan fingerprint density at radius 1 is 0.957 bits per heavy atom. The minimum atomic E-state index is -0.602. The Morgan fingerprint density at radius 2 is 1.57 bits per heavy atom. The fraction of sp³-hybridized carbons (Fsp3) is 0.176. The van der Waals surface area contributed by atoms with Gasteiger partial charge in [0.2, 0.25) is 5.91 Å². The van der Waals surface area contributed by atoms with Crippen LogP contribution in [0.4, 0.5) is 15.8 Å². The first-order valence-electron chi connectivity index (χ1n) is 7.26. The zero-order chi connectivity index (χ0) is 16.7. The van der Waals surface area contributed by atoms with Crippen molar-refractivity contribution in [1.82, 2.24) is 0 Å². The van der Waals surface area contributed by atoms with Crippen LogP contribution < -0.4 is 16.4 Å². The Morgan fingerprint density at radius 3 is 2.22 bits per heavy atom. The maximum atomic E-state index is 13.7. The molecule has 6 heteroatoms. The number of anilines is 2. The van der Waals surface area contributed by atoms with E-state index in [1.54, 1.807) is 30.3 Å². The number of hydrogen-bond acceptors (Lipinski definition) is 3. The molecule has 4 N–H and O–H groups in total. The minimum absolute atomic E-state index is 0.0586. The number of carbonyl (C=O) groups excluding carboxylic acids is 2. The van der Waals surface area contributed by atoms with Crippen LogP contribution in [-0.4, -0.2) is 18.4 Å². The molecule has 0 aliphatic rings. The van der Waals surface area contributed by atoms with Crippen LogP contribution in [0.3, 0.4) is 0 Å². The maximum absolute atomic E-state index is 13.7. The summed E-state index contributed by atoms with van der Waals surface area (Å²) in [5.41, 5.74) is 6.18. The van der Waals surface area contributed by atoms with E-state index in [2.05, 4.69) is 10.6 Å². The summed E-state index contributed by atoms with van der Waals surface area (Å²) >= 11 is 0. The van der Waals surface area contributed by atoms with E-state index in [-0.39, 0.29) is 11.5 Å². The third kappa shape index (κ3) is 4.62. The van der Waals surface area contributed by atoms with Crippen molar-refractivity contribution in [3.8, 4) is 0 Å². The van der Waals surface area contributed by atoms with Crippen molar-refractivity contribution in [2.45, 2.75) is 12.8 Å². The van der Waals surface area contributed by atoms with Crippen molar-refractivity contribution in [2.24, 2.45) is 5.73 Å². The Balaban J connectivity index is 2.13. The lowest BCUT2D eigenvalue weighted by Gasteiger charge is -2.12. The van der Waals surface area contributed by atoms with Crippen LogP contribution >= 0.6 is 0 Å². The zero-order valence-electron chi connectivity index (χ0n) is 12.5. The van der Waals surface area contributed by atoms with Crippen LogP contribution in [0.25, 0.3) is 0 Å². The number of para-hydroxylation sites is 2. The third-order valence-corrected chi connectivity index (χ3v) is 3.18. The van der Waals surface area contributed by atoms with E-state index in [1.807, 2.05) is 0 Å². The summed E-state index contributed by atoms with van der Waals surface area (Å²) in [6, 6.07) is 12.5. The summed E-state index contributed by atoms with van der Waals surface area (Å²) in [5.74, 6) is -1.37. The highest BCUT2D eigenvalue weighted by Crippen LogP contribution is 2.22. The number of nitrogens with one attached hydrogen (secondary N) is 2. The molecule has 0 saturated carbocycles. The number of nitrogens with two attached hydrogens (primary N) is 1. The fourth-order valence-electron chi connectivity index (χ4n) is 2.01. The van der Waals surface area contributed by atoms with Gasteiger partial charge in [-0.1, -0.05) is 24.3 Å². The molecule has 0 heterocycles. The third-order valence-electron chi connectivity index (χ3n) is 3.18. The molecule has 2 amide bonds. The van der Waals surface area contributed by atoms with E-state index in [0.717, 1.165) is 0 Å². The van der Waals surface area contributed by atoms with Gasteiger partial charge in [0, 0.05) is 6.42 Å². The lowest BCUT2D eigenvalue weighted by Crippen LogP contribution is -2.18. The van der Waals surface area contributed by atoms with Crippen molar-refractivity contribution >= 4 is 23.2 Å². The van der Waals surface area contributed by atoms with Gasteiger partial charge in [-0.25, -0.2) is 4.39 Å². The van der Waals surface area contributed by atoms with Gasteiger partial charge in [0.1, 0.15) is 5.82 Å². The minimum Gasteiger partial charge on any atom is -0.330 e. The molecule has 2 aromatic carbocycles. The van der Waals surface area contributed by atoms with Crippen molar-refractivity contribution in [2.75, 3.05) is 17.2 Å². The summed E-state index contributed by atoms with van der Waals surface area (Å²) < 4.78 is 13.7. The Hall–Kier alpha value is -2.73. The second kappa shape index (κ2) is 8.05. The van der Waals surface area contributed by atoms with Gasteiger partial charge in [0.15, 0.2) is 0 Å². The molecule has 0 saturated heterocycles. The fourth-order valence-corrected chi connectivity index (χ4v) is 2.01. The summed E-state index contributed by atoms with van der Waals surface area (Å²) in [7, 11) is 0. The molecule has 5 nitrogen and oxygen atoms in total. The Bertz CT molecular complexity index is 704. The van der Waals surface area contributed by atoms with Crippen molar-refractivity contribution in [3.05, 3.63) is 59.9 Å². The molecule has 2 rings (SSSR count).